The minimum atomic E-state index is -0.284. The van der Waals surface area contributed by atoms with Crippen LogP contribution in [0, 0.1) is 12.3 Å². The van der Waals surface area contributed by atoms with Gasteiger partial charge in [-0.25, -0.2) is 4.98 Å². The monoisotopic (exact) mass is 573 g/mol. The van der Waals surface area contributed by atoms with Crippen molar-refractivity contribution in [2.24, 2.45) is 5.41 Å². The second kappa shape index (κ2) is 14.7. The van der Waals surface area contributed by atoms with Gasteiger partial charge in [-0.15, -0.1) is 12.4 Å². The van der Waals surface area contributed by atoms with Crippen LogP contribution in [0.1, 0.15) is 49.7 Å². The molecule has 212 valence electrons. The maximum Gasteiger partial charge on any atom is 0.270 e. The second-order valence-corrected chi connectivity index (χ2v) is 11.4. The molecule has 2 aromatic carbocycles. The molecule has 0 unspecified atom stereocenters. The van der Waals surface area contributed by atoms with E-state index < -0.39 is 0 Å². The molecule has 1 aromatic heterocycles. The molecule has 8 heteroatoms. The third-order valence-electron chi connectivity index (χ3n) is 6.58. The lowest BCUT2D eigenvalue weighted by Gasteiger charge is -2.31. The van der Waals surface area contributed by atoms with Crippen LogP contribution in [0.2, 0.25) is 5.02 Å². The lowest BCUT2D eigenvalue weighted by atomic mass is 9.84. The number of nitrogens with zero attached hydrogens (tertiary/aromatic N) is 2. The second-order valence-electron chi connectivity index (χ2n) is 11.0. The summed E-state index contributed by atoms with van der Waals surface area (Å²) < 4.78 is 6.02. The number of amides is 1. The molecule has 2 N–H and O–H groups in total. The SMILES string of the molecule is Cc1ccccc1-c1cnc(C(=O)N[C@@H](CCO)C(C)(C)C)c(-c2ccc(Cl)c(OCCCN(C)C)c2)c1.Cl. The van der Waals surface area contributed by atoms with E-state index in [1.165, 1.54) is 0 Å². The van der Waals surface area contributed by atoms with Gasteiger partial charge < -0.3 is 20.1 Å². The topological polar surface area (TPSA) is 74.7 Å². The van der Waals surface area contributed by atoms with E-state index in [4.69, 9.17) is 16.3 Å². The molecule has 0 spiro atoms. The number of halogens is 2. The fourth-order valence-corrected chi connectivity index (χ4v) is 4.50. The van der Waals surface area contributed by atoms with Crippen molar-refractivity contribution in [3.8, 4) is 28.0 Å². The predicted molar refractivity (Wildman–Crippen MR) is 163 cm³/mol. The summed E-state index contributed by atoms with van der Waals surface area (Å²) in [5.74, 6) is 0.288. The van der Waals surface area contributed by atoms with E-state index in [0.29, 0.717) is 35.1 Å². The van der Waals surface area contributed by atoms with Gasteiger partial charge in [-0.2, -0.15) is 0 Å². The number of hydrogen-bond acceptors (Lipinski definition) is 5. The molecule has 1 amide bonds. The summed E-state index contributed by atoms with van der Waals surface area (Å²) in [6.45, 7) is 9.62. The quantitative estimate of drug-likeness (QED) is 0.251. The van der Waals surface area contributed by atoms with E-state index in [1.807, 2.05) is 71.3 Å². The highest BCUT2D eigenvalue weighted by molar-refractivity contribution is 6.32. The molecule has 6 nitrogen and oxygen atoms in total. The Kier molecular flexibility index (Phi) is 12.2. The minimum Gasteiger partial charge on any atom is -0.492 e. The fourth-order valence-electron chi connectivity index (χ4n) is 4.33. The molecule has 0 bridgehead atoms. The number of benzene rings is 2. The van der Waals surface area contributed by atoms with Crippen molar-refractivity contribution in [2.75, 3.05) is 33.9 Å². The zero-order valence-corrected chi connectivity index (χ0v) is 25.3. The van der Waals surface area contributed by atoms with Gasteiger partial charge in [0.05, 0.1) is 11.6 Å². The van der Waals surface area contributed by atoms with Crippen LogP contribution >= 0.6 is 24.0 Å². The highest BCUT2D eigenvalue weighted by Gasteiger charge is 2.28. The molecule has 1 atom stereocenters. The molecule has 0 aliphatic rings. The molecule has 3 aromatic rings. The Balaban J connectivity index is 0.00000533. The van der Waals surface area contributed by atoms with Gasteiger partial charge in [-0.1, -0.05) is 62.7 Å². The molecule has 0 aliphatic carbocycles. The number of rotatable bonds is 11. The largest absolute Gasteiger partial charge is 0.492 e. The third kappa shape index (κ3) is 8.94. The Morgan fingerprint density at radius 3 is 2.46 bits per heavy atom. The molecular weight excluding hydrogens is 533 g/mol. The van der Waals surface area contributed by atoms with Gasteiger partial charge in [0.25, 0.3) is 5.91 Å². The lowest BCUT2D eigenvalue weighted by Crippen LogP contribution is -2.44. The van der Waals surface area contributed by atoms with E-state index in [0.717, 1.165) is 35.2 Å². The first-order chi connectivity index (χ1) is 18.0. The molecular formula is C31H41Cl2N3O3. The Bertz CT molecular complexity index is 1240. The number of aryl methyl sites for hydroxylation is 1. The lowest BCUT2D eigenvalue weighted by molar-refractivity contribution is 0.0881. The third-order valence-corrected chi connectivity index (χ3v) is 6.89. The smallest absolute Gasteiger partial charge is 0.270 e. The number of aliphatic hydroxyl groups is 1. The predicted octanol–water partition coefficient (Wildman–Crippen LogP) is 6.66. The van der Waals surface area contributed by atoms with Crippen LogP contribution in [0.15, 0.2) is 54.7 Å². The van der Waals surface area contributed by atoms with Crippen molar-refractivity contribution in [1.82, 2.24) is 15.2 Å². The van der Waals surface area contributed by atoms with E-state index in [-0.39, 0.29) is 36.4 Å². The molecule has 39 heavy (non-hydrogen) atoms. The molecule has 0 saturated carbocycles. The van der Waals surface area contributed by atoms with E-state index in [1.54, 1.807) is 12.3 Å². The molecule has 1 heterocycles. The number of carbonyl (C=O) groups is 1. The van der Waals surface area contributed by atoms with Crippen LogP contribution in [0.4, 0.5) is 0 Å². The van der Waals surface area contributed by atoms with Crippen molar-refractivity contribution in [3.63, 3.8) is 0 Å². The number of carbonyl (C=O) groups excluding carboxylic acids is 1. The van der Waals surface area contributed by atoms with Gasteiger partial charge in [0.15, 0.2) is 0 Å². The van der Waals surface area contributed by atoms with Crippen molar-refractivity contribution in [1.29, 1.82) is 0 Å². The van der Waals surface area contributed by atoms with Crippen molar-refractivity contribution in [2.45, 2.75) is 46.6 Å². The average molecular weight is 575 g/mol. The number of aliphatic hydroxyl groups excluding tert-OH is 1. The van der Waals surface area contributed by atoms with Crippen LogP contribution < -0.4 is 10.1 Å². The first kappa shape index (κ1) is 32.6. The maximum absolute atomic E-state index is 13.6. The van der Waals surface area contributed by atoms with Crippen LogP contribution in [0.3, 0.4) is 0 Å². The Labute approximate surface area is 244 Å². The molecule has 0 radical (unpaired) electrons. The summed E-state index contributed by atoms with van der Waals surface area (Å²) in [6.07, 6.45) is 3.07. The highest BCUT2D eigenvalue weighted by atomic mass is 35.5. The minimum absolute atomic E-state index is 0. The molecule has 0 aliphatic heterocycles. The Morgan fingerprint density at radius 1 is 1.10 bits per heavy atom. The zero-order valence-electron chi connectivity index (χ0n) is 23.8. The summed E-state index contributed by atoms with van der Waals surface area (Å²) in [6, 6.07) is 15.4. The number of aromatic nitrogens is 1. The highest BCUT2D eigenvalue weighted by Crippen LogP contribution is 2.35. The summed E-state index contributed by atoms with van der Waals surface area (Å²) in [5, 5.41) is 13.2. The van der Waals surface area contributed by atoms with Gasteiger partial charge >= 0.3 is 0 Å². The van der Waals surface area contributed by atoms with E-state index >= 15 is 0 Å². The van der Waals surface area contributed by atoms with Crippen molar-refractivity contribution in [3.05, 3.63) is 71.0 Å². The van der Waals surface area contributed by atoms with Gasteiger partial charge in [-0.05, 0) is 74.2 Å². The van der Waals surface area contributed by atoms with Crippen LogP contribution in [0.5, 0.6) is 5.75 Å². The van der Waals surface area contributed by atoms with E-state index in [2.05, 4.69) is 28.2 Å². The van der Waals surface area contributed by atoms with Gasteiger partial charge in [-0.3, -0.25) is 4.79 Å². The molecule has 0 saturated heterocycles. The van der Waals surface area contributed by atoms with Gasteiger partial charge in [0, 0.05) is 36.5 Å². The van der Waals surface area contributed by atoms with E-state index in [9.17, 15) is 9.90 Å². The first-order valence-corrected chi connectivity index (χ1v) is 13.4. The zero-order chi connectivity index (χ0) is 27.9. The molecule has 0 fully saturated rings. The number of ether oxygens (including phenoxy) is 1. The number of hydrogen-bond donors (Lipinski definition) is 2. The molecule has 3 rings (SSSR count). The average Bonchev–Trinajstić information content (AvgIpc) is 2.86. The van der Waals surface area contributed by atoms with Crippen LogP contribution in [-0.2, 0) is 0 Å². The fraction of sp³-hybridized carbons (Fsp3) is 0.419. The normalized spacial score (nSPS) is 12.1. The number of pyridine rings is 1. The van der Waals surface area contributed by atoms with Gasteiger partial charge in [0.2, 0.25) is 0 Å². The van der Waals surface area contributed by atoms with Crippen LogP contribution in [0.25, 0.3) is 22.3 Å². The standard InChI is InChI=1S/C31H40ClN3O3.ClH/c1-21-10-7-8-11-24(21)23-18-25(22-12-13-26(32)27(19-22)38-17-9-15-35(5)6)29(33-20-23)30(37)34-28(14-16-36)31(2,3)4;/h7-8,10-13,18-20,28,36H,9,14-17H2,1-6H3,(H,34,37);1H/t28-;/m0./s1. The van der Waals surface area contributed by atoms with Gasteiger partial charge in [0.1, 0.15) is 11.4 Å². The number of nitrogens with one attached hydrogen (secondary N) is 1. The summed E-state index contributed by atoms with van der Waals surface area (Å²) in [7, 11) is 4.05. The van der Waals surface area contributed by atoms with Crippen molar-refractivity contribution >= 4 is 29.9 Å². The first-order valence-electron chi connectivity index (χ1n) is 13.1. The van der Waals surface area contributed by atoms with Crippen LogP contribution in [-0.4, -0.2) is 60.8 Å². The Morgan fingerprint density at radius 2 is 1.82 bits per heavy atom. The summed E-state index contributed by atoms with van der Waals surface area (Å²) in [4.78, 5) is 20.4. The Hall–Kier alpha value is -2.64. The van der Waals surface area contributed by atoms with Crippen molar-refractivity contribution < 1.29 is 14.6 Å². The maximum atomic E-state index is 13.6. The summed E-state index contributed by atoms with van der Waals surface area (Å²) >= 11 is 6.48. The summed E-state index contributed by atoms with van der Waals surface area (Å²) in [5.41, 5.74) is 4.66.